The summed E-state index contributed by atoms with van der Waals surface area (Å²) in [6.45, 7) is 2.31. The van der Waals surface area contributed by atoms with Crippen LogP contribution in [0.1, 0.15) is 36.0 Å². The van der Waals surface area contributed by atoms with Crippen LogP contribution in [-0.4, -0.2) is 48.0 Å². The molecular weight excluding hydrogens is 252 g/mol. The molecule has 20 heavy (non-hydrogen) atoms. The van der Waals surface area contributed by atoms with Gasteiger partial charge in [-0.25, -0.2) is 4.98 Å². The first-order valence-corrected chi connectivity index (χ1v) is 7.46. The molecule has 5 nitrogen and oxygen atoms in total. The molecule has 0 saturated carbocycles. The lowest BCUT2D eigenvalue weighted by Gasteiger charge is -2.32. The summed E-state index contributed by atoms with van der Waals surface area (Å²) in [4.78, 5) is 19.0. The van der Waals surface area contributed by atoms with E-state index in [4.69, 9.17) is 0 Å². The second-order valence-corrected chi connectivity index (χ2v) is 5.65. The summed E-state index contributed by atoms with van der Waals surface area (Å²) in [6, 6.07) is 4.49. The third-order valence-corrected chi connectivity index (χ3v) is 4.45. The SMILES string of the molecule is CNc1ccc(C(=O)NC2CCN3CCCCC23)cn1. The second-order valence-electron chi connectivity index (χ2n) is 5.65. The predicted molar refractivity (Wildman–Crippen MR) is 78.9 cm³/mol. The number of nitrogens with zero attached hydrogens (tertiary/aromatic N) is 2. The van der Waals surface area contributed by atoms with Gasteiger partial charge in [-0.1, -0.05) is 6.42 Å². The predicted octanol–water partition coefficient (Wildman–Crippen LogP) is 1.48. The Morgan fingerprint density at radius 2 is 2.20 bits per heavy atom. The second kappa shape index (κ2) is 5.79. The van der Waals surface area contributed by atoms with Crippen LogP contribution in [0.2, 0.25) is 0 Å². The summed E-state index contributed by atoms with van der Waals surface area (Å²) in [5, 5.41) is 6.14. The molecule has 2 fully saturated rings. The highest BCUT2D eigenvalue weighted by Gasteiger charge is 2.36. The zero-order valence-electron chi connectivity index (χ0n) is 11.9. The van der Waals surface area contributed by atoms with Crippen LogP contribution < -0.4 is 10.6 Å². The Balaban J connectivity index is 1.63. The summed E-state index contributed by atoms with van der Waals surface area (Å²) >= 11 is 0. The van der Waals surface area contributed by atoms with Crippen LogP contribution >= 0.6 is 0 Å². The highest BCUT2D eigenvalue weighted by Crippen LogP contribution is 2.27. The zero-order chi connectivity index (χ0) is 13.9. The molecule has 2 saturated heterocycles. The quantitative estimate of drug-likeness (QED) is 0.876. The first-order valence-electron chi connectivity index (χ1n) is 7.46. The molecule has 2 N–H and O–H groups in total. The van der Waals surface area contributed by atoms with Crippen molar-refractivity contribution in [1.82, 2.24) is 15.2 Å². The van der Waals surface area contributed by atoms with Crippen LogP contribution in [0.15, 0.2) is 18.3 Å². The van der Waals surface area contributed by atoms with Crippen molar-refractivity contribution in [1.29, 1.82) is 0 Å². The number of hydrogen-bond donors (Lipinski definition) is 2. The number of aromatic nitrogens is 1. The highest BCUT2D eigenvalue weighted by atomic mass is 16.1. The summed E-state index contributed by atoms with van der Waals surface area (Å²) in [5.74, 6) is 0.776. The molecular formula is C15H22N4O. The molecule has 2 atom stereocenters. The number of amides is 1. The molecule has 1 amide bonds. The minimum absolute atomic E-state index is 0.00224. The lowest BCUT2D eigenvalue weighted by Crippen LogP contribution is -2.46. The molecule has 1 aromatic rings. The van der Waals surface area contributed by atoms with Crippen LogP contribution in [0.3, 0.4) is 0 Å². The number of anilines is 1. The Morgan fingerprint density at radius 1 is 1.30 bits per heavy atom. The summed E-state index contributed by atoms with van der Waals surface area (Å²) in [5.41, 5.74) is 0.637. The van der Waals surface area contributed by atoms with Gasteiger partial charge in [0.15, 0.2) is 0 Å². The van der Waals surface area contributed by atoms with Crippen molar-refractivity contribution in [3.05, 3.63) is 23.9 Å². The number of rotatable bonds is 3. The molecule has 2 aliphatic rings. The number of fused-ring (bicyclic) bond motifs is 1. The van der Waals surface area contributed by atoms with E-state index in [1.54, 1.807) is 6.20 Å². The van der Waals surface area contributed by atoms with Crippen molar-refractivity contribution in [2.75, 3.05) is 25.5 Å². The van der Waals surface area contributed by atoms with Gasteiger partial charge in [0.25, 0.3) is 5.91 Å². The summed E-state index contributed by atoms with van der Waals surface area (Å²) in [7, 11) is 1.82. The molecule has 3 heterocycles. The number of pyridine rings is 1. The van der Waals surface area contributed by atoms with Crippen LogP contribution in [0.25, 0.3) is 0 Å². The fourth-order valence-corrected chi connectivity index (χ4v) is 3.34. The van der Waals surface area contributed by atoms with Crippen molar-refractivity contribution >= 4 is 11.7 Å². The van der Waals surface area contributed by atoms with Crippen molar-refractivity contribution in [3.63, 3.8) is 0 Å². The minimum atomic E-state index is -0.00224. The van der Waals surface area contributed by atoms with E-state index in [0.29, 0.717) is 17.6 Å². The van der Waals surface area contributed by atoms with Gasteiger partial charge in [0.05, 0.1) is 5.56 Å². The fourth-order valence-electron chi connectivity index (χ4n) is 3.34. The lowest BCUT2D eigenvalue weighted by molar-refractivity contribution is 0.0915. The summed E-state index contributed by atoms with van der Waals surface area (Å²) in [6.07, 6.45) is 6.49. The Kier molecular flexibility index (Phi) is 3.87. The van der Waals surface area contributed by atoms with Crippen molar-refractivity contribution in [3.8, 4) is 0 Å². The van der Waals surface area contributed by atoms with E-state index >= 15 is 0 Å². The molecule has 0 spiro atoms. The van der Waals surface area contributed by atoms with Gasteiger partial charge in [-0.3, -0.25) is 9.69 Å². The maximum absolute atomic E-state index is 12.3. The average molecular weight is 274 g/mol. The molecule has 5 heteroatoms. The van der Waals surface area contributed by atoms with Gasteiger partial charge in [-0.05, 0) is 37.9 Å². The van der Waals surface area contributed by atoms with E-state index in [0.717, 1.165) is 18.8 Å². The molecule has 0 radical (unpaired) electrons. The van der Waals surface area contributed by atoms with Gasteiger partial charge in [0.1, 0.15) is 5.82 Å². The monoisotopic (exact) mass is 274 g/mol. The molecule has 1 aromatic heterocycles. The first-order chi connectivity index (χ1) is 9.78. The van der Waals surface area contributed by atoms with Crippen molar-refractivity contribution < 1.29 is 4.79 Å². The third kappa shape index (κ3) is 2.63. The van der Waals surface area contributed by atoms with Gasteiger partial charge in [-0.2, -0.15) is 0 Å². The molecule has 2 unspecified atom stereocenters. The van der Waals surface area contributed by atoms with Crippen LogP contribution in [0, 0.1) is 0 Å². The van der Waals surface area contributed by atoms with Gasteiger partial charge in [-0.15, -0.1) is 0 Å². The number of piperidine rings is 1. The molecule has 0 bridgehead atoms. The van der Waals surface area contributed by atoms with E-state index in [1.165, 1.54) is 25.8 Å². The first kappa shape index (κ1) is 13.4. The average Bonchev–Trinajstić information content (AvgIpc) is 2.91. The smallest absolute Gasteiger partial charge is 0.253 e. The van der Waals surface area contributed by atoms with Crippen molar-refractivity contribution in [2.45, 2.75) is 37.8 Å². The fraction of sp³-hybridized carbons (Fsp3) is 0.600. The number of carbonyl (C=O) groups excluding carboxylic acids is 1. The topological polar surface area (TPSA) is 57.3 Å². The Labute approximate surface area is 119 Å². The van der Waals surface area contributed by atoms with E-state index in [2.05, 4.69) is 20.5 Å². The summed E-state index contributed by atoms with van der Waals surface area (Å²) < 4.78 is 0. The van der Waals surface area contributed by atoms with Gasteiger partial charge < -0.3 is 10.6 Å². The maximum Gasteiger partial charge on any atom is 0.253 e. The van der Waals surface area contributed by atoms with E-state index in [9.17, 15) is 4.79 Å². The molecule has 3 rings (SSSR count). The lowest BCUT2D eigenvalue weighted by atomic mass is 9.99. The number of nitrogens with one attached hydrogen (secondary N) is 2. The minimum Gasteiger partial charge on any atom is -0.373 e. The van der Waals surface area contributed by atoms with Gasteiger partial charge >= 0.3 is 0 Å². The Hall–Kier alpha value is -1.62. The van der Waals surface area contributed by atoms with Crippen LogP contribution in [0.4, 0.5) is 5.82 Å². The maximum atomic E-state index is 12.3. The number of carbonyl (C=O) groups is 1. The van der Waals surface area contributed by atoms with E-state index in [-0.39, 0.29) is 5.91 Å². The van der Waals surface area contributed by atoms with Gasteiger partial charge in [0.2, 0.25) is 0 Å². The number of hydrogen-bond acceptors (Lipinski definition) is 4. The largest absolute Gasteiger partial charge is 0.373 e. The molecule has 0 aliphatic carbocycles. The van der Waals surface area contributed by atoms with Crippen molar-refractivity contribution in [2.24, 2.45) is 0 Å². The molecule has 108 valence electrons. The third-order valence-electron chi connectivity index (χ3n) is 4.45. The molecule has 2 aliphatic heterocycles. The normalized spacial score (nSPS) is 26.1. The Bertz CT molecular complexity index is 473. The van der Waals surface area contributed by atoms with E-state index < -0.39 is 0 Å². The highest BCUT2D eigenvalue weighted by molar-refractivity contribution is 5.94. The van der Waals surface area contributed by atoms with Crippen LogP contribution in [-0.2, 0) is 0 Å². The standard InChI is InChI=1S/C15H22N4O/c1-16-14-6-5-11(10-17-14)15(20)18-12-7-9-19-8-3-2-4-13(12)19/h5-6,10,12-13H,2-4,7-9H2,1H3,(H,16,17)(H,18,20). The van der Waals surface area contributed by atoms with Gasteiger partial charge in [0, 0.05) is 31.9 Å². The molecule has 0 aromatic carbocycles. The van der Waals surface area contributed by atoms with E-state index in [1.807, 2.05) is 19.2 Å². The zero-order valence-corrected chi connectivity index (χ0v) is 11.9. The van der Waals surface area contributed by atoms with Crippen LogP contribution in [0.5, 0.6) is 0 Å². The Morgan fingerprint density at radius 3 is 2.95 bits per heavy atom.